The van der Waals surface area contributed by atoms with Crippen LogP contribution in [-0.4, -0.2) is 18.4 Å². The highest BCUT2D eigenvalue weighted by molar-refractivity contribution is 9.10. The van der Waals surface area contributed by atoms with Crippen LogP contribution in [0.4, 0.5) is 24.5 Å². The molecule has 0 bridgehead atoms. The lowest BCUT2D eigenvalue weighted by Gasteiger charge is -2.23. The second-order valence-electron chi connectivity index (χ2n) is 8.84. The molecule has 0 saturated carbocycles. The number of hydrogen-bond donors (Lipinski definition) is 2. The van der Waals surface area contributed by atoms with E-state index in [2.05, 4.69) is 26.6 Å². The predicted octanol–water partition coefficient (Wildman–Crippen LogP) is 7.04. The van der Waals surface area contributed by atoms with E-state index in [1.807, 2.05) is 32.9 Å². The molecule has 0 fully saturated rings. The van der Waals surface area contributed by atoms with Crippen LogP contribution in [0.2, 0.25) is 0 Å². The molecule has 0 saturated heterocycles. The molecule has 0 aliphatic rings. The molecule has 35 heavy (non-hydrogen) atoms. The summed E-state index contributed by atoms with van der Waals surface area (Å²) in [6.07, 6.45) is -4.52. The van der Waals surface area contributed by atoms with Gasteiger partial charge >= 0.3 is 6.18 Å². The van der Waals surface area contributed by atoms with E-state index < -0.39 is 23.6 Å². The molecule has 2 amide bonds. The average molecular weight is 549 g/mol. The number of carbonyl (C=O) groups excluding carboxylic acids is 2. The van der Waals surface area contributed by atoms with Crippen molar-refractivity contribution in [2.24, 2.45) is 0 Å². The first kappa shape index (κ1) is 26.3. The van der Waals surface area contributed by atoms with Gasteiger partial charge in [-0.15, -0.1) is 0 Å². The maximum Gasteiger partial charge on any atom is 0.416 e. The van der Waals surface area contributed by atoms with E-state index in [1.54, 1.807) is 18.2 Å². The quantitative estimate of drug-likeness (QED) is 0.347. The second kappa shape index (κ2) is 10.5. The van der Waals surface area contributed by atoms with E-state index in [4.69, 9.17) is 4.74 Å². The summed E-state index contributed by atoms with van der Waals surface area (Å²) in [6.45, 7) is 5.87. The summed E-state index contributed by atoms with van der Waals surface area (Å²) >= 11 is 3.45. The molecule has 0 aromatic heterocycles. The molecule has 0 heterocycles. The third-order valence-corrected chi connectivity index (χ3v) is 5.46. The molecule has 3 aromatic rings. The Morgan fingerprint density at radius 2 is 1.54 bits per heavy atom. The van der Waals surface area contributed by atoms with Crippen molar-refractivity contribution in [3.8, 4) is 5.75 Å². The highest BCUT2D eigenvalue weighted by Gasteiger charge is 2.30. The highest BCUT2D eigenvalue weighted by atomic mass is 79.9. The summed E-state index contributed by atoms with van der Waals surface area (Å²) < 4.78 is 45.4. The largest absolute Gasteiger partial charge is 0.483 e. The average Bonchev–Trinajstić information content (AvgIpc) is 2.77. The Labute approximate surface area is 209 Å². The minimum atomic E-state index is -4.52. The predicted molar refractivity (Wildman–Crippen MR) is 133 cm³/mol. The minimum absolute atomic E-state index is 0.0109. The van der Waals surface area contributed by atoms with Gasteiger partial charge in [-0.2, -0.15) is 13.2 Å². The Morgan fingerprint density at radius 1 is 0.886 bits per heavy atom. The summed E-state index contributed by atoms with van der Waals surface area (Å²) in [5, 5.41) is 5.11. The van der Waals surface area contributed by atoms with Crippen LogP contribution >= 0.6 is 15.9 Å². The number of hydrogen-bond acceptors (Lipinski definition) is 3. The van der Waals surface area contributed by atoms with Crippen molar-refractivity contribution in [3.63, 3.8) is 0 Å². The maximum absolute atomic E-state index is 12.9. The van der Waals surface area contributed by atoms with Crippen molar-refractivity contribution in [3.05, 3.63) is 87.9 Å². The lowest BCUT2D eigenvalue weighted by molar-refractivity contribution is -0.137. The zero-order valence-corrected chi connectivity index (χ0v) is 20.9. The van der Waals surface area contributed by atoms with Gasteiger partial charge in [0.25, 0.3) is 11.8 Å². The minimum Gasteiger partial charge on any atom is -0.483 e. The van der Waals surface area contributed by atoms with Gasteiger partial charge in [0, 0.05) is 27.0 Å². The number of rotatable bonds is 6. The van der Waals surface area contributed by atoms with Crippen molar-refractivity contribution in [2.75, 3.05) is 17.2 Å². The van der Waals surface area contributed by atoms with Crippen molar-refractivity contribution in [1.29, 1.82) is 0 Å². The van der Waals surface area contributed by atoms with Crippen molar-refractivity contribution in [1.82, 2.24) is 0 Å². The molecule has 2 N–H and O–H groups in total. The molecule has 0 radical (unpaired) electrons. The van der Waals surface area contributed by atoms with Gasteiger partial charge in [0.1, 0.15) is 5.75 Å². The number of nitrogens with one attached hydrogen (secondary N) is 2. The number of carbonyl (C=O) groups is 2. The third kappa shape index (κ3) is 7.32. The molecule has 0 unspecified atom stereocenters. The van der Waals surface area contributed by atoms with Gasteiger partial charge in [-0.1, -0.05) is 48.8 Å². The lowest BCUT2D eigenvalue weighted by atomic mass is 9.86. The van der Waals surface area contributed by atoms with Crippen molar-refractivity contribution >= 4 is 39.1 Å². The van der Waals surface area contributed by atoms with E-state index in [0.29, 0.717) is 11.4 Å². The Bertz CT molecular complexity index is 1240. The molecule has 5 nitrogen and oxygen atoms in total. The number of anilines is 2. The van der Waals surface area contributed by atoms with Gasteiger partial charge in [-0.25, -0.2) is 0 Å². The van der Waals surface area contributed by atoms with Gasteiger partial charge in [-0.05, 0) is 60.0 Å². The Kier molecular flexibility index (Phi) is 7.90. The van der Waals surface area contributed by atoms with Crippen molar-refractivity contribution < 1.29 is 27.5 Å². The molecular weight excluding hydrogens is 525 g/mol. The van der Waals surface area contributed by atoms with Crippen LogP contribution in [0.25, 0.3) is 0 Å². The van der Waals surface area contributed by atoms with Gasteiger partial charge < -0.3 is 15.4 Å². The fourth-order valence-corrected chi connectivity index (χ4v) is 3.63. The molecule has 3 rings (SSSR count). The fraction of sp³-hybridized carbons (Fsp3) is 0.231. The normalized spacial score (nSPS) is 11.6. The van der Waals surface area contributed by atoms with Gasteiger partial charge in [0.2, 0.25) is 0 Å². The van der Waals surface area contributed by atoms with Crippen molar-refractivity contribution in [2.45, 2.75) is 32.4 Å². The zero-order chi connectivity index (χ0) is 25.8. The summed E-state index contributed by atoms with van der Waals surface area (Å²) in [4.78, 5) is 25.0. The van der Waals surface area contributed by atoms with E-state index in [9.17, 15) is 22.8 Å². The van der Waals surface area contributed by atoms with Gasteiger partial charge in [-0.3, -0.25) is 9.59 Å². The summed E-state index contributed by atoms with van der Waals surface area (Å²) in [5.41, 5.74) is 0.407. The lowest BCUT2D eigenvalue weighted by Crippen LogP contribution is -2.22. The van der Waals surface area contributed by atoms with Crippen LogP contribution in [-0.2, 0) is 16.4 Å². The highest BCUT2D eigenvalue weighted by Crippen LogP contribution is 2.34. The molecule has 0 aliphatic carbocycles. The van der Waals surface area contributed by atoms with Gasteiger partial charge in [0.15, 0.2) is 6.61 Å². The van der Waals surface area contributed by atoms with Crippen LogP contribution in [0.3, 0.4) is 0 Å². The summed E-state index contributed by atoms with van der Waals surface area (Å²) in [5.74, 6) is -0.449. The summed E-state index contributed by atoms with van der Waals surface area (Å²) in [7, 11) is 0. The SMILES string of the molecule is CC(C)(C)c1cc(Br)ccc1OCC(=O)Nc1cccc(C(=O)Nc2cccc(C(F)(F)F)c2)c1. The second-order valence-corrected chi connectivity index (χ2v) is 9.76. The first-order valence-corrected chi connectivity index (χ1v) is 11.4. The molecule has 0 atom stereocenters. The van der Waals surface area contributed by atoms with E-state index >= 15 is 0 Å². The molecule has 0 spiro atoms. The van der Waals surface area contributed by atoms with E-state index in [1.165, 1.54) is 24.3 Å². The number of amides is 2. The monoisotopic (exact) mass is 548 g/mol. The number of alkyl halides is 3. The third-order valence-electron chi connectivity index (χ3n) is 4.96. The van der Waals surface area contributed by atoms with Crippen LogP contribution in [0.15, 0.2) is 71.2 Å². The number of ether oxygens (including phenoxy) is 1. The molecule has 0 aliphatic heterocycles. The Balaban J connectivity index is 1.65. The van der Waals surface area contributed by atoms with Crippen LogP contribution in [0, 0.1) is 0 Å². The maximum atomic E-state index is 12.9. The molecule has 9 heteroatoms. The topological polar surface area (TPSA) is 67.4 Å². The first-order valence-electron chi connectivity index (χ1n) is 10.6. The molecular formula is C26H24BrF3N2O3. The zero-order valence-electron chi connectivity index (χ0n) is 19.3. The standard InChI is InChI=1S/C26H24BrF3N2O3/c1-25(2,3)21-14-18(27)10-11-22(21)35-15-23(33)31-19-8-4-6-16(12-19)24(34)32-20-9-5-7-17(13-20)26(28,29)30/h4-14H,15H2,1-3H3,(H,31,33)(H,32,34). The fourth-order valence-electron chi connectivity index (χ4n) is 3.27. The van der Waals surface area contributed by atoms with Gasteiger partial charge in [0.05, 0.1) is 5.56 Å². The first-order chi connectivity index (χ1) is 16.3. The number of halogens is 4. The molecule has 3 aromatic carbocycles. The Morgan fingerprint density at radius 3 is 2.20 bits per heavy atom. The number of benzene rings is 3. The molecule has 184 valence electrons. The van der Waals surface area contributed by atoms with Crippen LogP contribution in [0.5, 0.6) is 5.75 Å². The van der Waals surface area contributed by atoms with Crippen LogP contribution < -0.4 is 15.4 Å². The smallest absolute Gasteiger partial charge is 0.416 e. The Hall–Kier alpha value is -3.33. The van der Waals surface area contributed by atoms with E-state index in [0.717, 1.165) is 22.2 Å². The van der Waals surface area contributed by atoms with Crippen LogP contribution in [0.1, 0.15) is 42.3 Å². The summed E-state index contributed by atoms with van der Waals surface area (Å²) in [6, 6.07) is 16.0. The van der Waals surface area contributed by atoms with E-state index in [-0.39, 0.29) is 23.3 Å².